The van der Waals surface area contributed by atoms with Gasteiger partial charge in [0.1, 0.15) is 5.15 Å². The van der Waals surface area contributed by atoms with Gasteiger partial charge in [0.15, 0.2) is 0 Å². The number of halogens is 1. The van der Waals surface area contributed by atoms with Crippen LogP contribution in [-0.2, 0) is 10.0 Å². The van der Waals surface area contributed by atoms with Crippen LogP contribution in [0.3, 0.4) is 0 Å². The predicted octanol–water partition coefficient (Wildman–Crippen LogP) is 3.03. The zero-order chi connectivity index (χ0) is 19.7. The summed E-state index contributed by atoms with van der Waals surface area (Å²) in [5.41, 5.74) is 0.329. The fourth-order valence-electron chi connectivity index (χ4n) is 3.32. The van der Waals surface area contributed by atoms with Gasteiger partial charge in [-0.3, -0.25) is 4.79 Å². The summed E-state index contributed by atoms with van der Waals surface area (Å²) >= 11 is 6.00. The van der Waals surface area contributed by atoms with Gasteiger partial charge in [0, 0.05) is 32.4 Å². The van der Waals surface area contributed by atoms with Crippen molar-refractivity contribution in [2.75, 3.05) is 26.2 Å². The van der Waals surface area contributed by atoms with E-state index in [9.17, 15) is 13.2 Å². The number of carbonyl (C=O) groups excluding carboxylic acids is 1. The highest BCUT2D eigenvalue weighted by molar-refractivity contribution is 7.89. The van der Waals surface area contributed by atoms with Crippen LogP contribution in [0.2, 0.25) is 5.15 Å². The third-order valence-electron chi connectivity index (χ3n) is 4.87. The molecular weight excluding hydrogens is 398 g/mol. The lowest BCUT2D eigenvalue weighted by Crippen LogP contribution is -2.50. The van der Waals surface area contributed by atoms with Crippen LogP contribution in [0.25, 0.3) is 10.8 Å². The molecule has 8 heteroatoms. The van der Waals surface area contributed by atoms with E-state index in [4.69, 9.17) is 11.6 Å². The maximum atomic E-state index is 13.0. The molecule has 1 aliphatic rings. The van der Waals surface area contributed by atoms with Crippen molar-refractivity contribution >= 4 is 38.3 Å². The molecule has 0 spiro atoms. The highest BCUT2D eigenvalue weighted by Gasteiger charge is 2.31. The topological polar surface area (TPSA) is 70.6 Å². The fourth-order valence-corrected chi connectivity index (χ4v) is 4.98. The van der Waals surface area contributed by atoms with E-state index in [0.717, 1.165) is 10.8 Å². The lowest BCUT2D eigenvalue weighted by Gasteiger charge is -2.34. The van der Waals surface area contributed by atoms with Gasteiger partial charge in [0.2, 0.25) is 10.0 Å². The van der Waals surface area contributed by atoms with Gasteiger partial charge in [0.25, 0.3) is 5.91 Å². The van der Waals surface area contributed by atoms with Gasteiger partial charge in [-0.25, -0.2) is 13.4 Å². The minimum Gasteiger partial charge on any atom is -0.336 e. The summed E-state index contributed by atoms with van der Waals surface area (Å²) in [7, 11) is -3.62. The van der Waals surface area contributed by atoms with Crippen LogP contribution in [0.5, 0.6) is 0 Å². The summed E-state index contributed by atoms with van der Waals surface area (Å²) in [6.45, 7) is 1.07. The van der Waals surface area contributed by atoms with Crippen LogP contribution in [-0.4, -0.2) is 54.7 Å². The first-order chi connectivity index (χ1) is 13.5. The second-order valence-corrected chi connectivity index (χ2v) is 8.84. The molecule has 0 aliphatic carbocycles. The SMILES string of the molecule is O=C(c1cccnc1Cl)N1CCN(S(=O)(=O)c2ccc3ccccc3c2)CC1. The van der Waals surface area contributed by atoms with Crippen molar-refractivity contribution < 1.29 is 13.2 Å². The van der Waals surface area contributed by atoms with E-state index in [-0.39, 0.29) is 29.0 Å². The molecule has 1 aliphatic heterocycles. The summed E-state index contributed by atoms with van der Waals surface area (Å²) in [6, 6.07) is 16.0. The Labute approximate surface area is 168 Å². The van der Waals surface area contributed by atoms with E-state index in [1.165, 1.54) is 10.5 Å². The first-order valence-corrected chi connectivity index (χ1v) is 10.7. The predicted molar refractivity (Wildman–Crippen MR) is 108 cm³/mol. The molecule has 1 saturated heterocycles. The summed E-state index contributed by atoms with van der Waals surface area (Å²) < 4.78 is 27.5. The van der Waals surface area contributed by atoms with E-state index < -0.39 is 10.0 Å². The van der Waals surface area contributed by atoms with Crippen LogP contribution < -0.4 is 0 Å². The zero-order valence-electron chi connectivity index (χ0n) is 15.0. The Morgan fingerprint density at radius 3 is 2.36 bits per heavy atom. The summed E-state index contributed by atoms with van der Waals surface area (Å²) in [5.74, 6) is -0.235. The number of benzene rings is 2. The molecule has 0 saturated carbocycles. The number of piperazine rings is 1. The van der Waals surface area contributed by atoms with E-state index in [1.807, 2.05) is 30.3 Å². The number of amides is 1. The molecule has 28 heavy (non-hydrogen) atoms. The van der Waals surface area contributed by atoms with Crippen LogP contribution in [0, 0.1) is 0 Å². The van der Waals surface area contributed by atoms with Crippen molar-refractivity contribution in [3.05, 3.63) is 71.5 Å². The second kappa shape index (κ2) is 7.50. The van der Waals surface area contributed by atoms with Crippen molar-refractivity contribution in [1.82, 2.24) is 14.2 Å². The monoisotopic (exact) mass is 415 g/mol. The van der Waals surface area contributed by atoms with Gasteiger partial charge in [-0.15, -0.1) is 0 Å². The van der Waals surface area contributed by atoms with Crippen LogP contribution >= 0.6 is 11.6 Å². The van der Waals surface area contributed by atoms with E-state index >= 15 is 0 Å². The molecule has 0 bridgehead atoms. The second-order valence-electron chi connectivity index (χ2n) is 6.55. The zero-order valence-corrected chi connectivity index (χ0v) is 16.5. The number of hydrogen-bond donors (Lipinski definition) is 0. The number of aromatic nitrogens is 1. The van der Waals surface area contributed by atoms with Crippen LogP contribution in [0.4, 0.5) is 0 Å². The number of nitrogens with zero attached hydrogens (tertiary/aromatic N) is 3. The number of pyridine rings is 1. The molecule has 2 aromatic carbocycles. The number of hydrogen-bond acceptors (Lipinski definition) is 4. The first-order valence-electron chi connectivity index (χ1n) is 8.85. The van der Waals surface area contributed by atoms with Gasteiger partial charge in [-0.1, -0.05) is 41.9 Å². The van der Waals surface area contributed by atoms with Crippen LogP contribution in [0.1, 0.15) is 10.4 Å². The third kappa shape index (κ3) is 3.48. The molecule has 0 N–H and O–H groups in total. The Balaban J connectivity index is 1.50. The Hall–Kier alpha value is -2.48. The maximum Gasteiger partial charge on any atom is 0.257 e. The smallest absolute Gasteiger partial charge is 0.257 e. The maximum absolute atomic E-state index is 13.0. The van der Waals surface area contributed by atoms with Crippen molar-refractivity contribution in [2.45, 2.75) is 4.90 Å². The summed E-state index contributed by atoms with van der Waals surface area (Å²) in [5, 5.41) is 2.02. The third-order valence-corrected chi connectivity index (χ3v) is 7.07. The standard InChI is InChI=1S/C20H18ClN3O3S/c21-19-18(6-3-9-22-19)20(25)23-10-12-24(13-11-23)28(26,27)17-8-7-15-4-1-2-5-16(15)14-17/h1-9,14H,10-13H2. The average molecular weight is 416 g/mol. The normalized spacial score (nSPS) is 15.7. The van der Waals surface area contributed by atoms with Crippen molar-refractivity contribution in [1.29, 1.82) is 0 Å². The number of fused-ring (bicyclic) bond motifs is 1. The quantitative estimate of drug-likeness (QED) is 0.616. The van der Waals surface area contributed by atoms with Crippen LogP contribution in [0.15, 0.2) is 65.7 Å². The highest BCUT2D eigenvalue weighted by atomic mass is 35.5. The van der Waals surface area contributed by atoms with Crippen molar-refractivity contribution in [3.63, 3.8) is 0 Å². The van der Waals surface area contributed by atoms with Gasteiger partial charge in [0.05, 0.1) is 10.5 Å². The fraction of sp³-hybridized carbons (Fsp3) is 0.200. The molecule has 2 heterocycles. The molecule has 3 aromatic rings. The Morgan fingerprint density at radius 2 is 1.64 bits per heavy atom. The molecule has 0 atom stereocenters. The Morgan fingerprint density at radius 1 is 0.929 bits per heavy atom. The molecule has 4 rings (SSSR count). The molecule has 0 radical (unpaired) electrons. The number of rotatable bonds is 3. The molecule has 1 fully saturated rings. The van der Waals surface area contributed by atoms with Gasteiger partial charge in [-0.05, 0) is 35.0 Å². The highest BCUT2D eigenvalue weighted by Crippen LogP contribution is 2.23. The largest absolute Gasteiger partial charge is 0.336 e. The summed E-state index contributed by atoms with van der Waals surface area (Å²) in [6.07, 6.45) is 1.52. The van der Waals surface area contributed by atoms with Gasteiger partial charge < -0.3 is 4.90 Å². The van der Waals surface area contributed by atoms with Crippen molar-refractivity contribution in [2.24, 2.45) is 0 Å². The van der Waals surface area contributed by atoms with Gasteiger partial charge in [-0.2, -0.15) is 4.31 Å². The lowest BCUT2D eigenvalue weighted by atomic mass is 10.1. The number of sulfonamides is 1. The minimum atomic E-state index is -3.62. The molecule has 144 valence electrons. The lowest BCUT2D eigenvalue weighted by molar-refractivity contribution is 0.0697. The van der Waals surface area contributed by atoms with E-state index in [2.05, 4.69) is 4.98 Å². The Bertz CT molecular complexity index is 1140. The number of carbonyl (C=O) groups is 1. The molecule has 1 amide bonds. The molecule has 1 aromatic heterocycles. The summed E-state index contributed by atoms with van der Waals surface area (Å²) in [4.78, 5) is 18.4. The molecule has 0 unspecified atom stereocenters. The first kappa shape index (κ1) is 18.9. The molecular formula is C20H18ClN3O3S. The van der Waals surface area contributed by atoms with E-state index in [0.29, 0.717) is 18.7 Å². The van der Waals surface area contributed by atoms with Gasteiger partial charge >= 0.3 is 0 Å². The minimum absolute atomic E-state index is 0.152. The van der Waals surface area contributed by atoms with Crippen molar-refractivity contribution in [3.8, 4) is 0 Å². The van der Waals surface area contributed by atoms with E-state index in [1.54, 1.807) is 29.2 Å². The molecule has 6 nitrogen and oxygen atoms in total. The Kier molecular flexibility index (Phi) is 5.05. The average Bonchev–Trinajstić information content (AvgIpc) is 2.73.